The van der Waals surface area contributed by atoms with E-state index >= 15 is 0 Å². The zero-order chi connectivity index (χ0) is 40.0. The van der Waals surface area contributed by atoms with E-state index in [-0.39, 0.29) is 11.9 Å². The highest BCUT2D eigenvalue weighted by Gasteiger charge is 2.39. The first-order chi connectivity index (χ1) is 23.8. The minimum Gasteiger partial charge on any atom is -0.490 e. The predicted octanol–water partition coefficient (Wildman–Crippen LogP) is 4.88. The molecule has 1 aliphatic heterocycles. The van der Waals surface area contributed by atoms with Crippen molar-refractivity contribution in [3.05, 3.63) is 65.5 Å². The normalized spacial score (nSPS) is 13.8. The number of anilines is 1. The topological polar surface area (TPSA) is 194 Å². The average Bonchev–Trinajstić information content (AvgIpc) is 3.46. The number of carboxylic acid groups (broad SMARTS) is 3. The fraction of sp³-hybridized carbons (Fsp3) is 0.367. The molecule has 1 aromatic heterocycles. The van der Waals surface area contributed by atoms with E-state index in [4.69, 9.17) is 34.4 Å². The van der Waals surface area contributed by atoms with Gasteiger partial charge in [0.1, 0.15) is 12.4 Å². The van der Waals surface area contributed by atoms with Crippen LogP contribution in [0.4, 0.5) is 45.2 Å². The van der Waals surface area contributed by atoms with Gasteiger partial charge in [-0.15, -0.1) is 0 Å². The molecule has 0 bridgehead atoms. The summed E-state index contributed by atoms with van der Waals surface area (Å²) in [6, 6.07) is 13.8. The number of hydrogen-bond donors (Lipinski definition) is 6. The van der Waals surface area contributed by atoms with Crippen LogP contribution in [0.3, 0.4) is 0 Å². The van der Waals surface area contributed by atoms with Gasteiger partial charge in [-0.25, -0.2) is 14.4 Å². The van der Waals surface area contributed by atoms with Crippen LogP contribution in [0, 0.1) is 6.92 Å². The number of aromatic amines is 1. The van der Waals surface area contributed by atoms with Crippen molar-refractivity contribution in [2.24, 2.45) is 0 Å². The van der Waals surface area contributed by atoms with Gasteiger partial charge in [0.25, 0.3) is 0 Å². The highest BCUT2D eigenvalue weighted by Crippen LogP contribution is 2.32. The number of rotatable bonds is 7. The molecule has 0 radical (unpaired) electrons. The number of nitrogens with zero attached hydrogens (tertiary/aromatic N) is 2. The number of aryl methyl sites for hydroxylation is 1. The molecule has 1 atom stereocenters. The van der Waals surface area contributed by atoms with E-state index in [2.05, 4.69) is 37.9 Å². The number of fused-ring (bicyclic) bond motifs is 1. The van der Waals surface area contributed by atoms with Gasteiger partial charge in [-0.2, -0.15) is 44.6 Å². The Labute approximate surface area is 288 Å². The number of ether oxygens (including phenoxy) is 1. The number of halogens is 9. The van der Waals surface area contributed by atoms with E-state index in [0.717, 1.165) is 23.4 Å². The molecule has 22 heteroatoms. The molecule has 0 aliphatic carbocycles. The summed E-state index contributed by atoms with van der Waals surface area (Å²) in [7, 11) is 4.01. The first-order valence-electron chi connectivity index (χ1n) is 14.3. The maximum absolute atomic E-state index is 13.0. The van der Waals surface area contributed by atoms with Crippen molar-refractivity contribution >= 4 is 29.5 Å². The average molecular weight is 762 g/mol. The van der Waals surface area contributed by atoms with Crippen LogP contribution in [0.2, 0.25) is 0 Å². The third kappa shape index (κ3) is 15.7. The Morgan fingerprint density at radius 2 is 1.37 bits per heavy atom. The molecule has 0 fully saturated rings. The van der Waals surface area contributed by atoms with Crippen LogP contribution < -0.4 is 15.4 Å². The van der Waals surface area contributed by atoms with Gasteiger partial charge in [-0.05, 0) is 56.3 Å². The molecule has 52 heavy (non-hydrogen) atoms. The van der Waals surface area contributed by atoms with E-state index in [1.807, 2.05) is 51.4 Å². The second-order valence-electron chi connectivity index (χ2n) is 10.6. The second-order valence-corrected chi connectivity index (χ2v) is 10.6. The smallest absolute Gasteiger partial charge is 0.490 e. The number of carbonyl (C=O) groups is 4. The molecule has 288 valence electrons. The predicted molar refractivity (Wildman–Crippen MR) is 163 cm³/mol. The molecular formula is C30H32F9N5O8. The van der Waals surface area contributed by atoms with Crippen molar-refractivity contribution < 1.29 is 78.7 Å². The summed E-state index contributed by atoms with van der Waals surface area (Å²) in [5.41, 5.74) is 6.14. The van der Waals surface area contributed by atoms with Gasteiger partial charge < -0.3 is 35.6 Å². The summed E-state index contributed by atoms with van der Waals surface area (Å²) in [5, 5.41) is 34.9. The molecule has 13 nitrogen and oxygen atoms in total. The zero-order valence-electron chi connectivity index (χ0n) is 27.2. The summed E-state index contributed by atoms with van der Waals surface area (Å²) >= 11 is 0. The van der Waals surface area contributed by atoms with E-state index in [0.29, 0.717) is 31.0 Å². The lowest BCUT2D eigenvalue weighted by molar-refractivity contribution is -0.193. The Kier molecular flexibility index (Phi) is 16.6. The van der Waals surface area contributed by atoms with Gasteiger partial charge in [0.2, 0.25) is 5.91 Å². The summed E-state index contributed by atoms with van der Waals surface area (Å²) in [6.07, 6.45) is -12.8. The van der Waals surface area contributed by atoms with Crippen molar-refractivity contribution in [2.45, 2.75) is 44.5 Å². The summed E-state index contributed by atoms with van der Waals surface area (Å²) in [5.74, 6) is -7.67. The number of benzene rings is 2. The lowest BCUT2D eigenvalue weighted by Gasteiger charge is -2.25. The molecule has 0 saturated heterocycles. The number of aromatic nitrogens is 2. The van der Waals surface area contributed by atoms with Gasteiger partial charge in [-0.3, -0.25) is 9.89 Å². The summed E-state index contributed by atoms with van der Waals surface area (Å²) < 4.78 is 101. The monoisotopic (exact) mass is 761 g/mol. The Hall–Kier alpha value is -5.38. The van der Waals surface area contributed by atoms with Crippen LogP contribution in [0.5, 0.6) is 5.75 Å². The van der Waals surface area contributed by atoms with Crippen molar-refractivity contribution in [3.8, 4) is 16.9 Å². The van der Waals surface area contributed by atoms with E-state index < -0.39 is 36.4 Å². The minimum atomic E-state index is -5.08. The van der Waals surface area contributed by atoms with Gasteiger partial charge in [0, 0.05) is 24.3 Å². The Morgan fingerprint density at radius 1 is 0.865 bits per heavy atom. The number of hydrogen-bond acceptors (Lipinski definition) is 8. The number of nitrogens with one attached hydrogen (secondary N) is 3. The molecule has 4 rings (SSSR count). The van der Waals surface area contributed by atoms with Crippen molar-refractivity contribution in [3.63, 3.8) is 0 Å². The number of H-pyrrole nitrogens is 1. The maximum Gasteiger partial charge on any atom is 0.490 e. The maximum atomic E-state index is 13.0. The number of likely N-dealkylation sites (N-methyl/N-ethyl adjacent to an activating group) is 1. The number of aliphatic carboxylic acids is 3. The fourth-order valence-corrected chi connectivity index (χ4v) is 3.75. The number of alkyl halides is 9. The molecule has 1 aliphatic rings. The molecule has 0 saturated carbocycles. The largest absolute Gasteiger partial charge is 0.490 e. The van der Waals surface area contributed by atoms with Crippen molar-refractivity contribution in [1.29, 1.82) is 0 Å². The highest BCUT2D eigenvalue weighted by molar-refractivity contribution is 5.97. The van der Waals surface area contributed by atoms with E-state index in [9.17, 15) is 44.3 Å². The number of carbonyl (C=O) groups excluding carboxylic acids is 1. The standard InChI is InChI=1S/C24H29N5O2.3C2HF3O2/c1-16-20(15-26-28-16)18-8-9-21(23(13-18)31-11-10-29(2)3)27-24(30)22-12-17-6-4-5-7-19(17)14-25-22;3*3-2(4,5)1(6)7/h4-9,13,15,22,25H,10-12,14H2,1-3H3,(H,26,28)(H,27,30);3*(H,6,7)/t22-;;;/m0.../s1. The summed E-state index contributed by atoms with van der Waals surface area (Å²) in [4.78, 5) is 41.8. The number of amides is 1. The molecule has 2 heterocycles. The molecule has 3 aromatic rings. The Bertz CT molecular complexity index is 1600. The molecule has 0 unspecified atom stereocenters. The van der Waals surface area contributed by atoms with Crippen LogP contribution in [-0.4, -0.2) is 106 Å². The SMILES string of the molecule is Cc1[nH]ncc1-c1ccc(NC(=O)[C@@H]2Cc3ccccc3CN2)c(OCCN(C)C)c1.O=C(O)C(F)(F)F.O=C(O)C(F)(F)F.O=C(O)C(F)(F)F. The molecule has 1 amide bonds. The fourth-order valence-electron chi connectivity index (χ4n) is 3.75. The van der Waals surface area contributed by atoms with Crippen LogP contribution in [-0.2, 0) is 32.1 Å². The second kappa shape index (κ2) is 19.3. The van der Waals surface area contributed by atoms with Crippen LogP contribution in [0.1, 0.15) is 16.8 Å². The van der Waals surface area contributed by atoms with Gasteiger partial charge in [0.05, 0.1) is 17.9 Å². The Balaban J connectivity index is 0.000000525. The first-order valence-corrected chi connectivity index (χ1v) is 14.3. The van der Waals surface area contributed by atoms with Crippen LogP contribution >= 0.6 is 0 Å². The lowest BCUT2D eigenvalue weighted by Crippen LogP contribution is -2.44. The quantitative estimate of drug-likeness (QED) is 0.180. The molecular weight excluding hydrogens is 729 g/mol. The number of carboxylic acids is 3. The van der Waals surface area contributed by atoms with E-state index in [1.54, 1.807) is 6.20 Å². The van der Waals surface area contributed by atoms with Crippen molar-refractivity contribution in [1.82, 2.24) is 20.4 Å². The zero-order valence-corrected chi connectivity index (χ0v) is 27.2. The molecule has 2 aromatic carbocycles. The van der Waals surface area contributed by atoms with Gasteiger partial charge >= 0.3 is 36.4 Å². The lowest BCUT2D eigenvalue weighted by atomic mass is 9.95. The van der Waals surface area contributed by atoms with Crippen LogP contribution in [0.25, 0.3) is 11.1 Å². The van der Waals surface area contributed by atoms with Gasteiger partial charge in [0.15, 0.2) is 0 Å². The third-order valence-electron chi connectivity index (χ3n) is 6.30. The van der Waals surface area contributed by atoms with Crippen molar-refractivity contribution in [2.75, 3.05) is 32.6 Å². The Morgan fingerprint density at radius 3 is 1.81 bits per heavy atom. The summed E-state index contributed by atoms with van der Waals surface area (Å²) in [6.45, 7) is 3.98. The molecule has 6 N–H and O–H groups in total. The first kappa shape index (κ1) is 44.6. The van der Waals surface area contributed by atoms with Crippen LogP contribution in [0.15, 0.2) is 48.7 Å². The van der Waals surface area contributed by atoms with E-state index in [1.165, 1.54) is 11.1 Å². The molecule has 0 spiro atoms. The minimum absolute atomic E-state index is 0.0563. The third-order valence-corrected chi connectivity index (χ3v) is 6.30. The highest BCUT2D eigenvalue weighted by atomic mass is 19.4. The van der Waals surface area contributed by atoms with Gasteiger partial charge in [-0.1, -0.05) is 30.3 Å².